The smallest absolute Gasteiger partial charge is 0.136 e. The van der Waals surface area contributed by atoms with Crippen LogP contribution in [-0.2, 0) is 0 Å². The van der Waals surface area contributed by atoms with Crippen molar-refractivity contribution in [1.82, 2.24) is 0 Å². The minimum Gasteiger partial charge on any atom is -0.870 e. The van der Waals surface area contributed by atoms with Gasteiger partial charge in [-0.1, -0.05) is 5.75 Å². The Balaban J connectivity index is 3.28. The van der Waals surface area contributed by atoms with Crippen molar-refractivity contribution >= 4 is 15.9 Å². The first kappa shape index (κ1) is 7.47. The Morgan fingerprint density at radius 2 is 1.80 bits per heavy atom. The molecule has 0 atom stereocenters. The molecule has 0 amide bonds. The highest BCUT2D eigenvalue weighted by molar-refractivity contribution is 9.10. The van der Waals surface area contributed by atoms with Gasteiger partial charge in [-0.15, -0.1) is 0 Å². The first-order chi connectivity index (χ1) is 4.61. The maximum Gasteiger partial charge on any atom is 0.136 e. The number of halogens is 3. The third-order valence-corrected chi connectivity index (χ3v) is 1.58. The highest BCUT2D eigenvalue weighted by atomic mass is 79.9. The molecule has 0 spiro atoms. The monoisotopic (exact) mass is 207 g/mol. The highest BCUT2D eigenvalue weighted by Gasteiger charge is 2.00. The van der Waals surface area contributed by atoms with Gasteiger partial charge in [0.25, 0.3) is 0 Å². The van der Waals surface area contributed by atoms with Crippen LogP contribution in [0.3, 0.4) is 0 Å². The van der Waals surface area contributed by atoms with E-state index in [9.17, 15) is 13.9 Å². The van der Waals surface area contributed by atoms with Crippen molar-refractivity contribution in [3.05, 3.63) is 28.2 Å². The summed E-state index contributed by atoms with van der Waals surface area (Å²) >= 11 is 2.73. The quantitative estimate of drug-likeness (QED) is 0.596. The van der Waals surface area contributed by atoms with Gasteiger partial charge in [0.1, 0.15) is 11.6 Å². The fourth-order valence-corrected chi connectivity index (χ4v) is 0.820. The molecule has 10 heavy (non-hydrogen) atoms. The first-order valence-electron chi connectivity index (χ1n) is 2.43. The molecule has 0 unspecified atom stereocenters. The summed E-state index contributed by atoms with van der Waals surface area (Å²) in [6.07, 6.45) is 0. The van der Waals surface area contributed by atoms with E-state index in [1.807, 2.05) is 0 Å². The molecule has 1 aromatic carbocycles. The average molecular weight is 208 g/mol. The van der Waals surface area contributed by atoms with Gasteiger partial charge in [-0.3, -0.25) is 0 Å². The Bertz CT molecular complexity index is 212. The van der Waals surface area contributed by atoms with Gasteiger partial charge in [0.15, 0.2) is 0 Å². The first-order valence-corrected chi connectivity index (χ1v) is 3.22. The molecule has 1 nitrogen and oxygen atoms in total. The topological polar surface area (TPSA) is 23.1 Å². The van der Waals surface area contributed by atoms with Crippen LogP contribution in [0.1, 0.15) is 0 Å². The van der Waals surface area contributed by atoms with Gasteiger partial charge in [-0.05, 0) is 28.1 Å². The van der Waals surface area contributed by atoms with Gasteiger partial charge in [-0.2, -0.15) is 0 Å². The Morgan fingerprint density at radius 1 is 1.20 bits per heavy atom. The van der Waals surface area contributed by atoms with Crippen LogP contribution in [0.4, 0.5) is 8.78 Å². The van der Waals surface area contributed by atoms with Gasteiger partial charge < -0.3 is 5.11 Å². The van der Waals surface area contributed by atoms with Crippen LogP contribution in [0.5, 0.6) is 5.75 Å². The molecule has 0 saturated heterocycles. The third-order valence-electron chi connectivity index (χ3n) is 0.975. The summed E-state index contributed by atoms with van der Waals surface area (Å²) in [5.74, 6) is -2.62. The largest absolute Gasteiger partial charge is 0.870 e. The van der Waals surface area contributed by atoms with Crippen LogP contribution >= 0.6 is 15.9 Å². The molecule has 0 aliphatic carbocycles. The van der Waals surface area contributed by atoms with E-state index in [2.05, 4.69) is 15.9 Å². The standard InChI is InChI=1S/C6H3BrF2O/c7-3-1-5(9)6(10)2-4(3)8/h1-2,10H/p-1. The second kappa shape index (κ2) is 2.54. The highest BCUT2D eigenvalue weighted by Crippen LogP contribution is 2.21. The van der Waals surface area contributed by atoms with Gasteiger partial charge in [0.2, 0.25) is 0 Å². The molecule has 0 bridgehead atoms. The maximum absolute atomic E-state index is 12.3. The fraction of sp³-hybridized carbons (Fsp3) is 0. The minimum atomic E-state index is -0.951. The molecule has 0 fully saturated rings. The maximum atomic E-state index is 12.3. The summed E-state index contributed by atoms with van der Waals surface area (Å²) in [7, 11) is 0. The summed E-state index contributed by atoms with van der Waals surface area (Å²) in [6, 6.07) is 1.40. The lowest BCUT2D eigenvalue weighted by atomic mass is 10.3. The number of benzene rings is 1. The zero-order valence-electron chi connectivity index (χ0n) is 4.70. The molecule has 0 N–H and O–H groups in total. The van der Waals surface area contributed by atoms with Crippen LogP contribution in [0.2, 0.25) is 0 Å². The van der Waals surface area contributed by atoms with Gasteiger partial charge in [0.05, 0.1) is 4.47 Å². The molecule has 0 aliphatic heterocycles. The lowest BCUT2D eigenvalue weighted by molar-refractivity contribution is -0.272. The number of hydrogen-bond acceptors (Lipinski definition) is 1. The van der Waals surface area contributed by atoms with E-state index in [-0.39, 0.29) is 4.47 Å². The zero-order valence-corrected chi connectivity index (χ0v) is 6.28. The van der Waals surface area contributed by atoms with E-state index < -0.39 is 17.4 Å². The molecular weight excluding hydrogens is 206 g/mol. The minimum absolute atomic E-state index is 0.0374. The van der Waals surface area contributed by atoms with Crippen molar-refractivity contribution in [2.45, 2.75) is 0 Å². The average Bonchev–Trinajstić information content (AvgIpc) is 1.84. The molecule has 0 saturated carbocycles. The lowest BCUT2D eigenvalue weighted by Gasteiger charge is -2.06. The number of rotatable bonds is 0. The summed E-state index contributed by atoms with van der Waals surface area (Å²) in [5, 5.41) is 10.4. The molecule has 0 aliphatic rings. The normalized spacial score (nSPS) is 9.90. The molecule has 1 rings (SSSR count). The third kappa shape index (κ3) is 1.26. The second-order valence-electron chi connectivity index (χ2n) is 1.70. The second-order valence-corrected chi connectivity index (χ2v) is 2.55. The summed E-state index contributed by atoms with van der Waals surface area (Å²) in [6.45, 7) is 0. The Labute approximate surface area is 64.4 Å². The predicted octanol–water partition coefficient (Wildman–Crippen LogP) is 1.80. The molecular formula is C6H2BrF2O-. The van der Waals surface area contributed by atoms with E-state index in [0.717, 1.165) is 6.07 Å². The molecule has 4 heteroatoms. The Kier molecular flexibility index (Phi) is 1.89. The molecule has 0 radical (unpaired) electrons. The molecule has 1 aromatic rings. The van der Waals surface area contributed by atoms with Gasteiger partial charge >= 0.3 is 0 Å². The number of hydrogen-bond donors (Lipinski definition) is 0. The molecule has 54 valence electrons. The van der Waals surface area contributed by atoms with Crippen LogP contribution in [0, 0.1) is 11.6 Å². The van der Waals surface area contributed by atoms with Gasteiger partial charge in [-0.25, -0.2) is 8.78 Å². The summed E-state index contributed by atoms with van der Waals surface area (Å²) in [5.41, 5.74) is 0. The van der Waals surface area contributed by atoms with Crippen LogP contribution < -0.4 is 5.11 Å². The molecule has 0 heterocycles. The fourth-order valence-electron chi connectivity index (χ4n) is 0.504. The summed E-state index contributed by atoms with van der Waals surface area (Å²) < 4.78 is 24.6. The van der Waals surface area contributed by atoms with Crippen LogP contribution in [-0.4, -0.2) is 0 Å². The summed E-state index contributed by atoms with van der Waals surface area (Å²) in [4.78, 5) is 0. The van der Waals surface area contributed by atoms with Gasteiger partial charge in [0, 0.05) is 0 Å². The van der Waals surface area contributed by atoms with Crippen molar-refractivity contribution in [3.63, 3.8) is 0 Å². The Morgan fingerprint density at radius 3 is 2.30 bits per heavy atom. The van der Waals surface area contributed by atoms with Crippen molar-refractivity contribution in [3.8, 4) is 5.75 Å². The van der Waals surface area contributed by atoms with E-state index in [1.165, 1.54) is 0 Å². The van der Waals surface area contributed by atoms with E-state index in [0.29, 0.717) is 6.07 Å². The van der Waals surface area contributed by atoms with E-state index >= 15 is 0 Å². The molecule has 0 aromatic heterocycles. The van der Waals surface area contributed by atoms with Crippen molar-refractivity contribution in [2.24, 2.45) is 0 Å². The lowest BCUT2D eigenvalue weighted by Crippen LogP contribution is -1.95. The Hall–Kier alpha value is -0.640. The van der Waals surface area contributed by atoms with Crippen LogP contribution in [0.25, 0.3) is 0 Å². The zero-order chi connectivity index (χ0) is 7.72. The van der Waals surface area contributed by atoms with Crippen LogP contribution in [0.15, 0.2) is 16.6 Å². The van der Waals surface area contributed by atoms with Crippen molar-refractivity contribution in [1.29, 1.82) is 0 Å². The SMILES string of the molecule is [O-]c1cc(F)c(Br)cc1F. The van der Waals surface area contributed by atoms with Crippen molar-refractivity contribution < 1.29 is 13.9 Å². The van der Waals surface area contributed by atoms with Crippen molar-refractivity contribution in [2.75, 3.05) is 0 Å². The van der Waals surface area contributed by atoms with E-state index in [4.69, 9.17) is 0 Å². The predicted molar refractivity (Wildman–Crippen MR) is 33.5 cm³/mol. The van der Waals surface area contributed by atoms with E-state index in [1.54, 1.807) is 0 Å².